The van der Waals surface area contributed by atoms with Crippen molar-refractivity contribution in [2.75, 3.05) is 26.4 Å². The summed E-state index contributed by atoms with van der Waals surface area (Å²) in [5, 5.41) is 63.7. The Kier molecular flexibility index (Phi) is 53.2. The first-order chi connectivity index (χ1) is 13.7. The first kappa shape index (κ1) is 42.3. The van der Waals surface area contributed by atoms with Gasteiger partial charge >= 0.3 is 11.9 Å². The summed E-state index contributed by atoms with van der Waals surface area (Å²) in [5.74, 6) is -2.14. The average Bonchev–Trinajstić information content (AvgIpc) is 2.68. The number of hydrogen-bond donors (Lipinski definition) is 10. The van der Waals surface area contributed by atoms with Gasteiger partial charge in [0, 0.05) is 0 Å². The van der Waals surface area contributed by atoms with E-state index in [1.54, 1.807) is 12.2 Å². The lowest BCUT2D eigenvalue weighted by Crippen LogP contribution is -2.39. The molecule has 0 aromatic carbocycles. The first-order valence-corrected chi connectivity index (χ1v) is 8.66. The maximum Gasteiger partial charge on any atom is 0.323 e. The molecule has 0 aliphatic heterocycles. The Morgan fingerprint density at radius 2 is 1.07 bits per heavy atom. The summed E-state index contributed by atoms with van der Waals surface area (Å²) in [6, 6.07) is -1.89. The molecule has 0 fully saturated rings. The van der Waals surface area contributed by atoms with Gasteiger partial charge in [-0.15, -0.1) is 13.2 Å². The normalized spacial score (nSPS) is 11.2. The molecule has 0 saturated heterocycles. The molecule has 12 heteroatoms. The van der Waals surface area contributed by atoms with E-state index in [1.165, 1.54) is 13.8 Å². The van der Waals surface area contributed by atoms with Crippen molar-refractivity contribution in [3.05, 3.63) is 25.3 Å². The van der Waals surface area contributed by atoms with E-state index in [9.17, 15) is 9.59 Å². The van der Waals surface area contributed by atoms with Gasteiger partial charge < -0.3 is 52.3 Å². The molecule has 0 saturated carbocycles. The summed E-state index contributed by atoms with van der Waals surface area (Å²) in [6.45, 7) is 12.3. The summed E-state index contributed by atoms with van der Waals surface area (Å²) < 4.78 is 0. The van der Waals surface area contributed by atoms with Gasteiger partial charge in [-0.25, -0.2) is 0 Å². The highest BCUT2D eigenvalue weighted by molar-refractivity contribution is 5.73. The van der Waals surface area contributed by atoms with Gasteiger partial charge in [0.05, 0.1) is 32.5 Å². The Morgan fingerprint density at radius 3 is 1.07 bits per heavy atom. The van der Waals surface area contributed by atoms with Crippen LogP contribution in [-0.2, 0) is 9.59 Å². The standard InChI is InChI=1S/C4H9NO3.C3H7NO2.C3H8O3.2C3H6.C2H6O2/c1-2(6)3(5)4(7)8;1-2(4)3(5)6;4-1-3(6)2-5;2*1-3-2;3-1-2-4/h2-3,6H,5H2,1H3,(H,7,8);2H,4H2,1H3,(H,5,6);3-6H,1-2H2;2*3H,1H2,2H3;3-4H,1-2H2/t2-,3+;2-;;;;/m10..../s1. The molecular weight excluding hydrogens is 404 g/mol. The van der Waals surface area contributed by atoms with Crippen LogP contribution >= 0.6 is 0 Å². The average molecular weight is 447 g/mol. The second-order valence-electron chi connectivity index (χ2n) is 5.01. The molecule has 0 aromatic rings. The smallest absolute Gasteiger partial charge is 0.323 e. The fourth-order valence-corrected chi connectivity index (χ4v) is 0.264. The molecule has 0 radical (unpaired) electrons. The van der Waals surface area contributed by atoms with Crippen LogP contribution in [0.15, 0.2) is 25.3 Å². The van der Waals surface area contributed by atoms with Crippen LogP contribution in [0, 0.1) is 0 Å². The van der Waals surface area contributed by atoms with Crippen LogP contribution in [0.25, 0.3) is 0 Å². The maximum atomic E-state index is 9.86. The molecule has 0 amide bonds. The van der Waals surface area contributed by atoms with E-state index in [2.05, 4.69) is 13.2 Å². The fraction of sp³-hybridized carbons (Fsp3) is 0.667. The third-order valence-electron chi connectivity index (χ3n) is 1.72. The highest BCUT2D eigenvalue weighted by atomic mass is 16.4. The number of carbonyl (C=O) groups is 2. The van der Waals surface area contributed by atoms with Gasteiger partial charge in [-0.3, -0.25) is 9.59 Å². The van der Waals surface area contributed by atoms with Gasteiger partial charge in [0.2, 0.25) is 0 Å². The number of carboxylic acid groups (broad SMARTS) is 2. The molecule has 30 heavy (non-hydrogen) atoms. The van der Waals surface area contributed by atoms with E-state index in [4.69, 9.17) is 52.3 Å². The molecule has 0 rings (SSSR count). The number of allylic oxidation sites excluding steroid dienone is 2. The highest BCUT2D eigenvalue weighted by Crippen LogP contribution is 1.85. The molecule has 3 atom stereocenters. The zero-order valence-corrected chi connectivity index (χ0v) is 18.3. The maximum absolute atomic E-state index is 9.86. The largest absolute Gasteiger partial charge is 0.480 e. The summed E-state index contributed by atoms with van der Waals surface area (Å²) in [5.41, 5.74) is 9.75. The molecule has 0 spiro atoms. The topological polar surface area (TPSA) is 248 Å². The predicted octanol–water partition coefficient (Wildman–Crippen LogP) is -2.12. The Hall–Kier alpha value is -1.90. The van der Waals surface area contributed by atoms with Crippen molar-refractivity contribution >= 4 is 11.9 Å². The quantitative estimate of drug-likeness (QED) is 0.197. The molecule has 12 nitrogen and oxygen atoms in total. The van der Waals surface area contributed by atoms with Gasteiger partial charge in [-0.05, 0) is 27.7 Å². The van der Waals surface area contributed by atoms with Crippen molar-refractivity contribution in [2.24, 2.45) is 11.5 Å². The second kappa shape index (κ2) is 37.8. The SMILES string of the molecule is C=CC.C=CC.C[C@@H](O)[C@H](N)C(=O)O.C[C@H](N)C(=O)O.OCC(O)CO.OCCO. The van der Waals surface area contributed by atoms with Crippen molar-refractivity contribution in [3.63, 3.8) is 0 Å². The summed E-state index contributed by atoms with van der Waals surface area (Å²) in [4.78, 5) is 19.4. The number of aliphatic hydroxyl groups is 6. The third-order valence-corrected chi connectivity index (χ3v) is 1.72. The van der Waals surface area contributed by atoms with Gasteiger partial charge in [0.15, 0.2) is 0 Å². The minimum absolute atomic E-state index is 0.125. The van der Waals surface area contributed by atoms with Crippen molar-refractivity contribution in [1.29, 1.82) is 0 Å². The predicted molar refractivity (Wildman–Crippen MR) is 115 cm³/mol. The zero-order valence-electron chi connectivity index (χ0n) is 18.3. The van der Waals surface area contributed by atoms with Crippen LogP contribution in [-0.4, -0.2) is 104 Å². The van der Waals surface area contributed by atoms with Crippen LogP contribution in [0.2, 0.25) is 0 Å². The van der Waals surface area contributed by atoms with Crippen molar-refractivity contribution in [1.82, 2.24) is 0 Å². The van der Waals surface area contributed by atoms with Gasteiger partial charge in [0.1, 0.15) is 18.2 Å². The highest BCUT2D eigenvalue weighted by Gasteiger charge is 2.16. The van der Waals surface area contributed by atoms with Crippen LogP contribution in [0.3, 0.4) is 0 Å². The molecule has 0 unspecified atom stereocenters. The van der Waals surface area contributed by atoms with E-state index in [-0.39, 0.29) is 26.4 Å². The van der Waals surface area contributed by atoms with Crippen LogP contribution in [0.4, 0.5) is 0 Å². The van der Waals surface area contributed by atoms with Crippen molar-refractivity contribution in [3.8, 4) is 0 Å². The number of carboxylic acids is 2. The second-order valence-corrected chi connectivity index (χ2v) is 5.01. The van der Waals surface area contributed by atoms with Gasteiger partial charge in [0.25, 0.3) is 0 Å². The van der Waals surface area contributed by atoms with E-state index < -0.39 is 36.2 Å². The molecule has 0 bridgehead atoms. The molecule has 0 aliphatic carbocycles. The van der Waals surface area contributed by atoms with Gasteiger partial charge in [-0.2, -0.15) is 0 Å². The lowest BCUT2D eigenvalue weighted by molar-refractivity contribution is -0.141. The summed E-state index contributed by atoms with van der Waals surface area (Å²) in [7, 11) is 0. The Morgan fingerprint density at radius 1 is 0.833 bits per heavy atom. The molecule has 0 aliphatic rings. The van der Waals surface area contributed by atoms with E-state index in [0.29, 0.717) is 0 Å². The first-order valence-electron chi connectivity index (χ1n) is 8.66. The van der Waals surface area contributed by atoms with Crippen molar-refractivity contribution in [2.45, 2.75) is 52.0 Å². The molecule has 0 heterocycles. The Labute approximate surface area is 178 Å². The number of nitrogens with two attached hydrogens (primary N) is 2. The van der Waals surface area contributed by atoms with Crippen LogP contribution < -0.4 is 11.5 Å². The van der Waals surface area contributed by atoms with Gasteiger partial charge in [-0.1, -0.05) is 12.2 Å². The van der Waals surface area contributed by atoms with E-state index in [1.807, 2.05) is 13.8 Å². The molecular formula is C18H42N2O10. The molecule has 12 N–H and O–H groups in total. The number of hydrogen-bond acceptors (Lipinski definition) is 10. The van der Waals surface area contributed by atoms with Crippen LogP contribution in [0.1, 0.15) is 27.7 Å². The Bertz CT molecular complexity index is 355. The minimum atomic E-state index is -1.18. The molecule has 0 aromatic heterocycles. The van der Waals surface area contributed by atoms with Crippen molar-refractivity contribution < 1.29 is 50.4 Å². The lowest BCUT2D eigenvalue weighted by atomic mass is 10.2. The number of aliphatic hydroxyl groups excluding tert-OH is 6. The minimum Gasteiger partial charge on any atom is -0.480 e. The van der Waals surface area contributed by atoms with E-state index in [0.717, 1.165) is 0 Å². The zero-order chi connectivity index (χ0) is 25.7. The third kappa shape index (κ3) is 72.1. The molecule has 184 valence electrons. The monoisotopic (exact) mass is 446 g/mol. The summed E-state index contributed by atoms with van der Waals surface area (Å²) in [6.07, 6.45) is 1.57. The number of rotatable bonds is 6. The summed E-state index contributed by atoms with van der Waals surface area (Å²) >= 11 is 0. The Balaban J connectivity index is -0.0000000599. The van der Waals surface area contributed by atoms with Crippen LogP contribution in [0.5, 0.6) is 0 Å². The number of aliphatic carboxylic acids is 2. The van der Waals surface area contributed by atoms with E-state index >= 15 is 0 Å². The fourth-order valence-electron chi connectivity index (χ4n) is 0.264. The lowest BCUT2D eigenvalue weighted by Gasteiger charge is -2.06.